The van der Waals surface area contributed by atoms with Gasteiger partial charge in [-0.3, -0.25) is 4.79 Å². The fourth-order valence-electron chi connectivity index (χ4n) is 9.86. The van der Waals surface area contributed by atoms with Crippen molar-refractivity contribution in [1.29, 1.82) is 0 Å². The van der Waals surface area contributed by atoms with E-state index < -0.39 is 6.10 Å². The average molecular weight is 566 g/mol. The summed E-state index contributed by atoms with van der Waals surface area (Å²) in [5.74, 6) is 1.78. The molecule has 0 aromatic carbocycles. The van der Waals surface area contributed by atoms with E-state index in [1.54, 1.807) is 0 Å². The van der Waals surface area contributed by atoms with E-state index in [2.05, 4.69) is 39.9 Å². The van der Waals surface area contributed by atoms with Crippen LogP contribution in [0.1, 0.15) is 96.9 Å². The maximum atomic E-state index is 13.3. The van der Waals surface area contributed by atoms with Crippen LogP contribution in [0.4, 0.5) is 0 Å². The molecule has 4 saturated carbocycles. The first kappa shape index (κ1) is 28.9. The summed E-state index contributed by atoms with van der Waals surface area (Å²) in [6.45, 7) is 11.0. The number of hydrogen-bond acceptors (Lipinski definition) is 5. The third-order valence-corrected chi connectivity index (χ3v) is 13.2. The number of carbonyl (C=O) groups is 1. The SMILES string of the molecule is CC(C)C(NC(=O)C[C@@H](C)C1CCC2C3[C@H](O)CC4C[C@H](O)CCC4(C)[C@H]3C[C@H](O)C21C)c1ccc(Cl)s1. The number of aliphatic hydroxyl groups excluding tert-OH is 3. The number of fused-ring (bicyclic) bond motifs is 5. The minimum absolute atomic E-state index is 0.0553. The van der Waals surface area contributed by atoms with E-state index in [-0.39, 0.29) is 64.6 Å². The highest BCUT2D eigenvalue weighted by molar-refractivity contribution is 7.16. The maximum Gasteiger partial charge on any atom is 0.220 e. The van der Waals surface area contributed by atoms with E-state index in [0.29, 0.717) is 18.3 Å². The topological polar surface area (TPSA) is 89.8 Å². The molecule has 4 aliphatic rings. The second-order valence-corrected chi connectivity index (χ2v) is 15.9. The summed E-state index contributed by atoms with van der Waals surface area (Å²) < 4.78 is 0.734. The quantitative estimate of drug-likeness (QED) is 0.330. The number of rotatable bonds is 6. The molecule has 7 unspecified atom stereocenters. The Hall–Kier alpha value is -0.660. The monoisotopic (exact) mass is 565 g/mol. The van der Waals surface area contributed by atoms with Crippen LogP contribution < -0.4 is 5.32 Å². The van der Waals surface area contributed by atoms with E-state index >= 15 is 0 Å². The van der Waals surface area contributed by atoms with Crippen molar-refractivity contribution in [3.8, 4) is 0 Å². The summed E-state index contributed by atoms with van der Waals surface area (Å²) in [5, 5.41) is 36.9. The van der Waals surface area contributed by atoms with Gasteiger partial charge in [-0.05, 0) is 109 Å². The van der Waals surface area contributed by atoms with Gasteiger partial charge in [0.15, 0.2) is 0 Å². The minimum atomic E-state index is -0.432. The zero-order chi connectivity index (χ0) is 27.6. The predicted octanol–water partition coefficient (Wildman–Crippen LogP) is 6.20. The summed E-state index contributed by atoms with van der Waals surface area (Å²) in [6.07, 6.45) is 5.46. The summed E-state index contributed by atoms with van der Waals surface area (Å²) >= 11 is 7.70. The standard InChI is InChI=1S/C31H48ClNO4S/c1-16(2)29(24-8-9-26(32)38-24)33-27(37)12-17(3)20-6-7-21-28-22(15-25(36)31(20,21)5)30(4)11-10-19(34)13-18(30)14-23(28)35/h8-9,16-23,25,28-29,34-36H,6-7,10-15H2,1-5H3,(H,33,37)/t17-,18?,19-,20?,21?,22+,23-,25+,28?,29?,30?,31?/m1/s1. The van der Waals surface area contributed by atoms with Gasteiger partial charge in [0.2, 0.25) is 5.91 Å². The van der Waals surface area contributed by atoms with Crippen LogP contribution in [-0.2, 0) is 4.79 Å². The van der Waals surface area contributed by atoms with Crippen molar-refractivity contribution in [2.75, 3.05) is 0 Å². The van der Waals surface area contributed by atoms with Crippen molar-refractivity contribution < 1.29 is 20.1 Å². The number of aliphatic hydroxyl groups is 3. The first-order valence-electron chi connectivity index (χ1n) is 14.9. The Bertz CT molecular complexity index is 1020. The molecule has 7 heteroatoms. The summed E-state index contributed by atoms with van der Waals surface area (Å²) in [7, 11) is 0. The van der Waals surface area contributed by atoms with Crippen LogP contribution in [0, 0.1) is 52.3 Å². The van der Waals surface area contributed by atoms with Gasteiger partial charge >= 0.3 is 0 Å². The fourth-order valence-corrected chi connectivity index (χ4v) is 11.1. The lowest BCUT2D eigenvalue weighted by Crippen LogP contribution is -2.62. The van der Waals surface area contributed by atoms with Gasteiger partial charge in [0.1, 0.15) is 0 Å². The van der Waals surface area contributed by atoms with Gasteiger partial charge in [-0.15, -0.1) is 11.3 Å². The molecule has 0 spiro atoms. The molecule has 0 radical (unpaired) electrons. The molecule has 5 rings (SSSR count). The molecule has 214 valence electrons. The average Bonchev–Trinajstić information content (AvgIpc) is 3.43. The Balaban J connectivity index is 1.31. The molecular formula is C31H48ClNO4S. The van der Waals surface area contributed by atoms with Gasteiger partial charge in [0.05, 0.1) is 28.7 Å². The van der Waals surface area contributed by atoms with Gasteiger partial charge in [-0.2, -0.15) is 0 Å². The van der Waals surface area contributed by atoms with E-state index in [0.717, 1.165) is 54.2 Å². The summed E-state index contributed by atoms with van der Waals surface area (Å²) in [5.41, 5.74) is -0.219. The second kappa shape index (κ2) is 10.6. The third-order valence-electron chi connectivity index (χ3n) is 11.9. The maximum absolute atomic E-state index is 13.3. The number of carbonyl (C=O) groups excluding carboxylic acids is 1. The number of amides is 1. The lowest BCUT2D eigenvalue weighted by atomic mass is 9.43. The predicted molar refractivity (Wildman–Crippen MR) is 153 cm³/mol. The molecule has 4 aliphatic carbocycles. The van der Waals surface area contributed by atoms with E-state index in [1.165, 1.54) is 11.3 Å². The van der Waals surface area contributed by atoms with Gasteiger partial charge in [-0.1, -0.05) is 46.2 Å². The van der Waals surface area contributed by atoms with Crippen LogP contribution in [0.15, 0.2) is 12.1 Å². The lowest BCUT2D eigenvalue weighted by Gasteiger charge is -2.63. The van der Waals surface area contributed by atoms with Gasteiger partial charge in [0, 0.05) is 11.3 Å². The van der Waals surface area contributed by atoms with Crippen LogP contribution in [0.2, 0.25) is 4.34 Å². The van der Waals surface area contributed by atoms with Crippen LogP contribution in [0.25, 0.3) is 0 Å². The normalized spacial score (nSPS) is 44.2. The van der Waals surface area contributed by atoms with Crippen molar-refractivity contribution in [3.63, 3.8) is 0 Å². The Morgan fingerprint density at radius 3 is 2.47 bits per heavy atom. The van der Waals surface area contributed by atoms with Gasteiger partial charge in [-0.25, -0.2) is 0 Å². The second-order valence-electron chi connectivity index (χ2n) is 14.1. The Morgan fingerprint density at radius 1 is 1.08 bits per heavy atom. The summed E-state index contributed by atoms with van der Waals surface area (Å²) in [4.78, 5) is 14.4. The van der Waals surface area contributed by atoms with E-state index in [9.17, 15) is 20.1 Å². The highest BCUT2D eigenvalue weighted by Gasteiger charge is 2.65. The molecule has 1 aromatic rings. The fraction of sp³-hybridized carbons (Fsp3) is 0.839. The number of thiophene rings is 1. The molecular weight excluding hydrogens is 518 g/mol. The van der Waals surface area contributed by atoms with Gasteiger partial charge < -0.3 is 20.6 Å². The molecule has 1 amide bonds. The number of nitrogens with one attached hydrogen (secondary N) is 1. The van der Waals surface area contributed by atoms with Crippen molar-refractivity contribution in [1.82, 2.24) is 5.32 Å². The Morgan fingerprint density at radius 2 is 1.82 bits per heavy atom. The Kier molecular flexibility index (Phi) is 8.07. The van der Waals surface area contributed by atoms with Crippen molar-refractivity contribution in [2.24, 2.45) is 52.3 Å². The van der Waals surface area contributed by atoms with Crippen LogP contribution in [0.5, 0.6) is 0 Å². The molecule has 38 heavy (non-hydrogen) atoms. The number of halogens is 1. The highest BCUT2D eigenvalue weighted by atomic mass is 35.5. The minimum Gasteiger partial charge on any atom is -0.393 e. The molecule has 4 fully saturated rings. The molecule has 0 aliphatic heterocycles. The molecule has 1 heterocycles. The van der Waals surface area contributed by atoms with Gasteiger partial charge in [0.25, 0.3) is 0 Å². The van der Waals surface area contributed by atoms with Crippen LogP contribution in [0.3, 0.4) is 0 Å². The highest BCUT2D eigenvalue weighted by Crippen LogP contribution is 2.68. The zero-order valence-corrected chi connectivity index (χ0v) is 25.3. The van der Waals surface area contributed by atoms with Crippen molar-refractivity contribution in [3.05, 3.63) is 21.3 Å². The first-order valence-corrected chi connectivity index (χ1v) is 16.1. The molecule has 1 aromatic heterocycles. The smallest absolute Gasteiger partial charge is 0.220 e. The Labute approximate surface area is 237 Å². The molecule has 4 N–H and O–H groups in total. The van der Waals surface area contributed by atoms with Crippen molar-refractivity contribution in [2.45, 2.75) is 110 Å². The lowest BCUT2D eigenvalue weighted by molar-refractivity contribution is -0.207. The summed E-state index contributed by atoms with van der Waals surface area (Å²) in [6, 6.07) is 3.84. The van der Waals surface area contributed by atoms with Crippen LogP contribution >= 0.6 is 22.9 Å². The van der Waals surface area contributed by atoms with E-state index in [4.69, 9.17) is 11.6 Å². The molecule has 0 bridgehead atoms. The van der Waals surface area contributed by atoms with Crippen molar-refractivity contribution >= 4 is 28.8 Å². The zero-order valence-electron chi connectivity index (χ0n) is 23.7. The van der Waals surface area contributed by atoms with Crippen LogP contribution in [-0.4, -0.2) is 39.5 Å². The molecule has 0 saturated heterocycles. The molecule has 5 nitrogen and oxygen atoms in total. The molecule has 12 atom stereocenters. The van der Waals surface area contributed by atoms with E-state index in [1.807, 2.05) is 12.1 Å². The largest absolute Gasteiger partial charge is 0.393 e. The third kappa shape index (κ3) is 4.78. The first-order chi connectivity index (χ1) is 17.9. The number of hydrogen-bond donors (Lipinski definition) is 4.